The fraction of sp³-hybridized carbons (Fsp3) is 0.938. The molecule has 2 unspecified atom stereocenters. The van der Waals surface area contributed by atoms with Gasteiger partial charge in [0.15, 0.2) is 12.2 Å². The molecular weight excluding hydrogens is 1110 g/mol. The monoisotopic (exact) mass is 1240 g/mol. The first-order valence-electron chi connectivity index (χ1n) is 34.1. The summed E-state index contributed by atoms with van der Waals surface area (Å²) in [6, 6.07) is 0. The van der Waals surface area contributed by atoms with E-state index in [-0.39, 0.29) is 25.7 Å². The van der Waals surface area contributed by atoms with Gasteiger partial charge >= 0.3 is 39.5 Å². The Balaban J connectivity index is 5.15. The summed E-state index contributed by atoms with van der Waals surface area (Å²) in [7, 11) is -9.88. The van der Waals surface area contributed by atoms with E-state index in [1.54, 1.807) is 0 Å². The van der Waals surface area contributed by atoms with E-state index in [4.69, 9.17) is 37.0 Å². The maximum Gasteiger partial charge on any atom is 0.472 e. The van der Waals surface area contributed by atoms with E-state index in [2.05, 4.69) is 34.6 Å². The highest BCUT2D eigenvalue weighted by atomic mass is 31.2. The number of phosphoric acid groups is 2. The van der Waals surface area contributed by atoms with Gasteiger partial charge in [0.05, 0.1) is 26.4 Å². The van der Waals surface area contributed by atoms with E-state index in [9.17, 15) is 43.2 Å². The SMILES string of the molecule is CCCCCCCCCCCCCCCCCCCCC(=O)O[C@H](COC(=O)CCCCCCCCCC(C)C)COP(=O)(O)OC[C@@H](O)COP(=O)(O)OC[C@@H](COC(=O)CCCCCCCCC)OC(=O)CCCCCCCCCCC. The molecule has 0 aliphatic carbocycles. The number of aliphatic hydroxyl groups is 1. The van der Waals surface area contributed by atoms with Crippen LogP contribution in [0.4, 0.5) is 0 Å². The van der Waals surface area contributed by atoms with Crippen LogP contribution in [-0.4, -0.2) is 96.7 Å². The van der Waals surface area contributed by atoms with E-state index < -0.39 is 97.5 Å². The summed E-state index contributed by atoms with van der Waals surface area (Å²) in [4.78, 5) is 72.1. The Hall–Kier alpha value is -1.94. The number of hydrogen-bond acceptors (Lipinski definition) is 15. The molecule has 0 spiro atoms. The van der Waals surface area contributed by atoms with Crippen LogP contribution < -0.4 is 0 Å². The van der Waals surface area contributed by atoms with Crippen LogP contribution in [0.1, 0.15) is 330 Å². The van der Waals surface area contributed by atoms with Crippen molar-refractivity contribution in [3.05, 3.63) is 0 Å². The third-order valence-electron chi connectivity index (χ3n) is 15.0. The molecule has 0 fully saturated rings. The largest absolute Gasteiger partial charge is 0.472 e. The van der Waals surface area contributed by atoms with Crippen molar-refractivity contribution < 1.29 is 80.2 Å². The lowest BCUT2D eigenvalue weighted by atomic mass is 10.0. The number of unbranched alkanes of at least 4 members (excludes halogenated alkanes) is 37. The van der Waals surface area contributed by atoms with E-state index in [1.165, 1.54) is 135 Å². The molecular formula is C65H126O17P2. The second kappa shape index (κ2) is 58.7. The van der Waals surface area contributed by atoms with Gasteiger partial charge in [-0.05, 0) is 31.6 Å². The summed E-state index contributed by atoms with van der Waals surface area (Å²) >= 11 is 0. The quantitative estimate of drug-likeness (QED) is 0.0222. The molecule has 0 heterocycles. The molecule has 0 radical (unpaired) electrons. The zero-order valence-corrected chi connectivity index (χ0v) is 55.8. The van der Waals surface area contributed by atoms with Crippen LogP contribution in [0.2, 0.25) is 0 Å². The first-order valence-corrected chi connectivity index (χ1v) is 37.1. The minimum atomic E-state index is -4.94. The first-order chi connectivity index (χ1) is 40.5. The number of carbonyl (C=O) groups is 4. The van der Waals surface area contributed by atoms with Crippen molar-refractivity contribution >= 4 is 39.5 Å². The Bertz CT molecular complexity index is 1640. The molecule has 0 rings (SSSR count). The topological polar surface area (TPSA) is 237 Å². The van der Waals surface area contributed by atoms with Crippen molar-refractivity contribution in [1.82, 2.24) is 0 Å². The highest BCUT2D eigenvalue weighted by Gasteiger charge is 2.30. The minimum absolute atomic E-state index is 0.105. The second-order valence-corrected chi connectivity index (χ2v) is 26.9. The van der Waals surface area contributed by atoms with E-state index in [0.29, 0.717) is 31.6 Å². The van der Waals surface area contributed by atoms with Gasteiger partial charge in [-0.15, -0.1) is 0 Å². The van der Waals surface area contributed by atoms with Gasteiger partial charge in [0.25, 0.3) is 0 Å². The molecule has 3 N–H and O–H groups in total. The third-order valence-corrected chi connectivity index (χ3v) is 16.9. The molecule has 0 aliphatic heterocycles. The van der Waals surface area contributed by atoms with Gasteiger partial charge < -0.3 is 33.8 Å². The normalized spacial score (nSPS) is 14.2. The van der Waals surface area contributed by atoms with Crippen LogP contribution in [0.5, 0.6) is 0 Å². The number of esters is 4. The van der Waals surface area contributed by atoms with Crippen LogP contribution in [0.3, 0.4) is 0 Å². The fourth-order valence-corrected chi connectivity index (χ4v) is 11.3. The summed E-state index contributed by atoms with van der Waals surface area (Å²) in [5.41, 5.74) is 0. The highest BCUT2D eigenvalue weighted by molar-refractivity contribution is 7.47. The summed E-state index contributed by atoms with van der Waals surface area (Å²) in [5.74, 6) is -1.43. The third kappa shape index (κ3) is 59.0. The van der Waals surface area contributed by atoms with E-state index >= 15 is 0 Å². The Morgan fingerprint density at radius 3 is 0.810 bits per heavy atom. The predicted molar refractivity (Wildman–Crippen MR) is 335 cm³/mol. The van der Waals surface area contributed by atoms with Crippen LogP contribution in [-0.2, 0) is 65.4 Å². The maximum absolute atomic E-state index is 13.0. The molecule has 0 aliphatic rings. The minimum Gasteiger partial charge on any atom is -0.462 e. The lowest BCUT2D eigenvalue weighted by Gasteiger charge is -2.21. The lowest BCUT2D eigenvalue weighted by molar-refractivity contribution is -0.161. The van der Waals surface area contributed by atoms with Crippen LogP contribution in [0.15, 0.2) is 0 Å². The van der Waals surface area contributed by atoms with Crippen molar-refractivity contribution in [2.45, 2.75) is 348 Å². The first kappa shape index (κ1) is 82.1. The molecule has 0 amide bonds. The zero-order valence-electron chi connectivity index (χ0n) is 54.0. The Kier molecular flexibility index (Phi) is 57.4. The maximum atomic E-state index is 13.0. The van der Waals surface area contributed by atoms with Gasteiger partial charge in [-0.25, -0.2) is 9.13 Å². The van der Waals surface area contributed by atoms with Gasteiger partial charge in [-0.2, -0.15) is 0 Å². The molecule has 0 aromatic heterocycles. The van der Waals surface area contributed by atoms with Gasteiger partial charge in [-0.1, -0.05) is 279 Å². The number of hydrogen-bond donors (Lipinski definition) is 3. The van der Waals surface area contributed by atoms with Gasteiger partial charge in [-0.3, -0.25) is 37.3 Å². The number of aliphatic hydroxyl groups excluding tert-OH is 1. The zero-order chi connectivity index (χ0) is 62.0. The number of ether oxygens (including phenoxy) is 4. The van der Waals surface area contributed by atoms with Crippen molar-refractivity contribution in [3.63, 3.8) is 0 Å². The Morgan fingerprint density at radius 1 is 0.321 bits per heavy atom. The second-order valence-electron chi connectivity index (χ2n) is 24.0. The molecule has 17 nitrogen and oxygen atoms in total. The summed E-state index contributed by atoms with van der Waals surface area (Å²) in [6.07, 6.45) is 43.4. The van der Waals surface area contributed by atoms with Crippen LogP contribution in [0, 0.1) is 5.92 Å². The van der Waals surface area contributed by atoms with Crippen molar-refractivity contribution in [3.8, 4) is 0 Å². The average Bonchev–Trinajstić information content (AvgIpc) is 3.60. The molecule has 498 valence electrons. The number of rotatable bonds is 65. The smallest absolute Gasteiger partial charge is 0.462 e. The van der Waals surface area contributed by atoms with Gasteiger partial charge in [0, 0.05) is 25.7 Å². The Labute approximate surface area is 511 Å². The predicted octanol–water partition coefficient (Wildman–Crippen LogP) is 18.2. The molecule has 84 heavy (non-hydrogen) atoms. The summed E-state index contributed by atoms with van der Waals surface area (Å²) in [6.45, 7) is 7.09. The highest BCUT2D eigenvalue weighted by Crippen LogP contribution is 2.45. The number of phosphoric ester groups is 2. The molecule has 0 bridgehead atoms. The standard InChI is InChI=1S/C65H126O17P2/c1-6-9-12-15-18-20-21-22-23-24-25-26-27-28-30-35-41-46-51-65(70)82-61(55-76-63(68)49-44-39-36-31-33-37-42-47-58(4)5)57-80-84(73,74)78-53-59(66)52-77-83(71,72)79-56-60(54-75-62(67)48-43-38-32-17-14-11-8-3)81-64(69)50-45-40-34-29-19-16-13-10-7-2/h58-61,66H,6-57H2,1-5H3,(H,71,72)(H,73,74)/t59-,60+,61+/m0/s1. The summed E-state index contributed by atoms with van der Waals surface area (Å²) < 4.78 is 67.9. The molecule has 5 atom stereocenters. The Morgan fingerprint density at radius 2 is 0.548 bits per heavy atom. The average molecular weight is 1240 g/mol. The van der Waals surface area contributed by atoms with Gasteiger partial charge in [0.1, 0.15) is 19.3 Å². The van der Waals surface area contributed by atoms with E-state index in [0.717, 1.165) is 109 Å². The van der Waals surface area contributed by atoms with Crippen LogP contribution in [0.25, 0.3) is 0 Å². The molecule has 0 aromatic rings. The van der Waals surface area contributed by atoms with Crippen LogP contribution >= 0.6 is 15.6 Å². The van der Waals surface area contributed by atoms with E-state index in [1.807, 2.05) is 0 Å². The van der Waals surface area contributed by atoms with Gasteiger partial charge in [0.2, 0.25) is 0 Å². The van der Waals surface area contributed by atoms with Crippen molar-refractivity contribution in [2.75, 3.05) is 39.6 Å². The summed E-state index contributed by atoms with van der Waals surface area (Å²) in [5, 5.41) is 10.5. The molecule has 19 heteroatoms. The number of carbonyl (C=O) groups excluding carboxylic acids is 4. The van der Waals surface area contributed by atoms with Crippen molar-refractivity contribution in [1.29, 1.82) is 0 Å². The lowest BCUT2D eigenvalue weighted by Crippen LogP contribution is -2.30. The molecule has 0 saturated heterocycles. The van der Waals surface area contributed by atoms with Crippen molar-refractivity contribution in [2.24, 2.45) is 5.92 Å². The molecule has 0 aromatic carbocycles. The fourth-order valence-electron chi connectivity index (χ4n) is 9.76. The molecule has 0 saturated carbocycles.